The maximum Gasteiger partial charge on any atom is 0.169 e. The SMILES string of the molecule is CCOc1ccc(C(=O)Cc2nc3ccccc3s2)cc1. The zero-order valence-corrected chi connectivity index (χ0v) is 12.5. The van der Waals surface area contributed by atoms with Crippen molar-refractivity contribution in [1.82, 2.24) is 4.98 Å². The number of ether oxygens (including phenoxy) is 1. The van der Waals surface area contributed by atoms with Crippen LogP contribution in [0.25, 0.3) is 10.2 Å². The molecule has 2 aromatic carbocycles. The second kappa shape index (κ2) is 6.06. The van der Waals surface area contributed by atoms with Gasteiger partial charge in [-0.25, -0.2) is 4.98 Å². The minimum Gasteiger partial charge on any atom is -0.494 e. The van der Waals surface area contributed by atoms with Crippen LogP contribution >= 0.6 is 11.3 Å². The topological polar surface area (TPSA) is 39.2 Å². The molecule has 106 valence electrons. The fraction of sp³-hybridized carbons (Fsp3) is 0.176. The molecule has 0 unspecified atom stereocenters. The van der Waals surface area contributed by atoms with Crippen molar-refractivity contribution in [2.45, 2.75) is 13.3 Å². The highest BCUT2D eigenvalue weighted by Gasteiger charge is 2.11. The van der Waals surface area contributed by atoms with E-state index in [9.17, 15) is 4.79 Å². The molecule has 0 saturated heterocycles. The summed E-state index contributed by atoms with van der Waals surface area (Å²) in [5.41, 5.74) is 1.65. The lowest BCUT2D eigenvalue weighted by molar-refractivity contribution is 0.0993. The number of hydrogen-bond acceptors (Lipinski definition) is 4. The normalized spacial score (nSPS) is 10.7. The lowest BCUT2D eigenvalue weighted by atomic mass is 10.1. The van der Waals surface area contributed by atoms with Gasteiger partial charge in [0.25, 0.3) is 0 Å². The standard InChI is InChI=1S/C17H15NO2S/c1-2-20-13-9-7-12(8-10-13)15(19)11-17-18-14-5-3-4-6-16(14)21-17/h3-10H,2,11H2,1H3. The van der Waals surface area contributed by atoms with E-state index in [1.807, 2.05) is 43.3 Å². The number of Topliss-reactive ketones (excluding diaryl/α,β-unsaturated/α-hetero) is 1. The molecule has 0 N–H and O–H groups in total. The number of aromatic nitrogens is 1. The minimum absolute atomic E-state index is 0.0807. The van der Waals surface area contributed by atoms with Crippen LogP contribution in [0.1, 0.15) is 22.3 Å². The van der Waals surface area contributed by atoms with Crippen LogP contribution in [-0.4, -0.2) is 17.4 Å². The van der Waals surface area contributed by atoms with Gasteiger partial charge >= 0.3 is 0 Å². The Hall–Kier alpha value is -2.20. The summed E-state index contributed by atoms with van der Waals surface area (Å²) in [5, 5.41) is 0.857. The number of fused-ring (bicyclic) bond motifs is 1. The predicted octanol–water partition coefficient (Wildman–Crippen LogP) is 4.12. The van der Waals surface area contributed by atoms with E-state index in [1.54, 1.807) is 23.5 Å². The van der Waals surface area contributed by atoms with Gasteiger partial charge in [-0.2, -0.15) is 0 Å². The number of carbonyl (C=O) groups excluding carboxylic acids is 1. The highest BCUT2D eigenvalue weighted by Crippen LogP contribution is 2.23. The highest BCUT2D eigenvalue weighted by molar-refractivity contribution is 7.18. The Morgan fingerprint density at radius 2 is 1.90 bits per heavy atom. The first-order chi connectivity index (χ1) is 10.3. The van der Waals surface area contributed by atoms with E-state index in [0.29, 0.717) is 18.6 Å². The van der Waals surface area contributed by atoms with Gasteiger partial charge in [0.05, 0.1) is 23.2 Å². The van der Waals surface area contributed by atoms with Crippen LogP contribution in [-0.2, 0) is 6.42 Å². The third-order valence-electron chi connectivity index (χ3n) is 3.14. The van der Waals surface area contributed by atoms with Crippen molar-refractivity contribution in [1.29, 1.82) is 0 Å². The first kappa shape index (κ1) is 13.8. The van der Waals surface area contributed by atoms with Gasteiger partial charge in [0.15, 0.2) is 5.78 Å². The molecular formula is C17H15NO2S. The number of para-hydroxylation sites is 1. The molecule has 3 aromatic rings. The molecule has 3 nitrogen and oxygen atoms in total. The Bertz CT molecular complexity index is 729. The van der Waals surface area contributed by atoms with Gasteiger partial charge in [-0.1, -0.05) is 12.1 Å². The molecule has 0 radical (unpaired) electrons. The maximum absolute atomic E-state index is 12.3. The Labute approximate surface area is 127 Å². The molecule has 0 fully saturated rings. The molecule has 0 amide bonds. The monoisotopic (exact) mass is 297 g/mol. The van der Waals surface area contributed by atoms with E-state index < -0.39 is 0 Å². The molecule has 0 saturated carbocycles. The summed E-state index contributed by atoms with van der Waals surface area (Å²) < 4.78 is 6.49. The maximum atomic E-state index is 12.3. The summed E-state index contributed by atoms with van der Waals surface area (Å²) in [6.45, 7) is 2.56. The number of benzene rings is 2. The Kier molecular flexibility index (Phi) is 3.97. The van der Waals surface area contributed by atoms with E-state index in [-0.39, 0.29) is 5.78 Å². The smallest absolute Gasteiger partial charge is 0.169 e. The number of thiazole rings is 1. The molecule has 0 aliphatic heterocycles. The van der Waals surface area contributed by atoms with Gasteiger partial charge in [-0.3, -0.25) is 4.79 Å². The van der Waals surface area contributed by atoms with Crippen LogP contribution in [0.5, 0.6) is 5.75 Å². The minimum atomic E-state index is 0.0807. The van der Waals surface area contributed by atoms with Gasteiger partial charge in [0.2, 0.25) is 0 Å². The van der Waals surface area contributed by atoms with Gasteiger partial charge in [0, 0.05) is 5.56 Å². The first-order valence-corrected chi connectivity index (χ1v) is 7.68. The summed E-state index contributed by atoms with van der Waals surface area (Å²) in [5.74, 6) is 0.867. The Balaban J connectivity index is 1.76. The highest BCUT2D eigenvalue weighted by atomic mass is 32.1. The summed E-state index contributed by atoms with van der Waals surface area (Å²) in [4.78, 5) is 16.8. The zero-order valence-electron chi connectivity index (χ0n) is 11.7. The lowest BCUT2D eigenvalue weighted by Crippen LogP contribution is -2.03. The van der Waals surface area contributed by atoms with Crippen molar-refractivity contribution in [2.24, 2.45) is 0 Å². The average molecular weight is 297 g/mol. The van der Waals surface area contributed by atoms with Crippen molar-refractivity contribution in [2.75, 3.05) is 6.61 Å². The molecule has 0 aliphatic carbocycles. The van der Waals surface area contributed by atoms with Crippen LogP contribution in [0.4, 0.5) is 0 Å². The average Bonchev–Trinajstić information content (AvgIpc) is 2.90. The molecule has 4 heteroatoms. The Morgan fingerprint density at radius 1 is 1.14 bits per heavy atom. The largest absolute Gasteiger partial charge is 0.494 e. The number of nitrogens with zero attached hydrogens (tertiary/aromatic N) is 1. The molecule has 0 aliphatic rings. The third kappa shape index (κ3) is 3.11. The molecule has 0 atom stereocenters. The fourth-order valence-electron chi connectivity index (χ4n) is 2.14. The van der Waals surface area contributed by atoms with Crippen molar-refractivity contribution < 1.29 is 9.53 Å². The lowest BCUT2D eigenvalue weighted by Gasteiger charge is -2.03. The van der Waals surface area contributed by atoms with E-state index in [0.717, 1.165) is 21.0 Å². The fourth-order valence-corrected chi connectivity index (χ4v) is 3.10. The van der Waals surface area contributed by atoms with E-state index in [1.165, 1.54) is 0 Å². The van der Waals surface area contributed by atoms with Crippen molar-refractivity contribution in [3.63, 3.8) is 0 Å². The van der Waals surface area contributed by atoms with Gasteiger partial charge < -0.3 is 4.74 Å². The number of hydrogen-bond donors (Lipinski definition) is 0. The molecule has 0 bridgehead atoms. The van der Waals surface area contributed by atoms with Crippen LogP contribution in [0.2, 0.25) is 0 Å². The van der Waals surface area contributed by atoms with Gasteiger partial charge in [-0.05, 0) is 43.3 Å². The molecule has 0 spiro atoms. The quantitative estimate of drug-likeness (QED) is 0.665. The zero-order chi connectivity index (χ0) is 14.7. The van der Waals surface area contributed by atoms with Crippen molar-refractivity contribution in [3.8, 4) is 5.75 Å². The molecule has 21 heavy (non-hydrogen) atoms. The van der Waals surface area contributed by atoms with E-state index in [2.05, 4.69) is 4.98 Å². The molecule has 1 heterocycles. The van der Waals surface area contributed by atoms with Gasteiger partial charge in [0.1, 0.15) is 10.8 Å². The van der Waals surface area contributed by atoms with Crippen LogP contribution in [0.15, 0.2) is 48.5 Å². The van der Waals surface area contributed by atoms with Crippen molar-refractivity contribution >= 4 is 27.3 Å². The summed E-state index contributed by atoms with van der Waals surface area (Å²) >= 11 is 1.57. The number of carbonyl (C=O) groups is 1. The van der Waals surface area contributed by atoms with Crippen LogP contribution < -0.4 is 4.74 Å². The molecular weight excluding hydrogens is 282 g/mol. The van der Waals surface area contributed by atoms with Crippen LogP contribution in [0.3, 0.4) is 0 Å². The molecule has 1 aromatic heterocycles. The third-order valence-corrected chi connectivity index (χ3v) is 4.17. The van der Waals surface area contributed by atoms with E-state index in [4.69, 9.17) is 4.74 Å². The van der Waals surface area contributed by atoms with E-state index >= 15 is 0 Å². The van der Waals surface area contributed by atoms with Crippen LogP contribution in [0, 0.1) is 0 Å². The van der Waals surface area contributed by atoms with Gasteiger partial charge in [-0.15, -0.1) is 11.3 Å². The Morgan fingerprint density at radius 3 is 2.62 bits per heavy atom. The second-order valence-corrected chi connectivity index (χ2v) is 5.75. The summed E-state index contributed by atoms with van der Waals surface area (Å²) in [6.07, 6.45) is 0.341. The predicted molar refractivity (Wildman–Crippen MR) is 85.3 cm³/mol. The summed E-state index contributed by atoms with van der Waals surface area (Å²) in [6, 6.07) is 15.2. The van der Waals surface area contributed by atoms with Crippen molar-refractivity contribution in [3.05, 3.63) is 59.1 Å². The summed E-state index contributed by atoms with van der Waals surface area (Å²) in [7, 11) is 0. The number of rotatable bonds is 5. The molecule has 3 rings (SSSR count). The number of ketones is 1. The first-order valence-electron chi connectivity index (χ1n) is 6.87. The second-order valence-electron chi connectivity index (χ2n) is 4.63.